The molecular formula is C18H19N3O5. The van der Waals surface area contributed by atoms with E-state index in [2.05, 4.69) is 10.2 Å². The Kier molecular flexibility index (Phi) is 5.90. The van der Waals surface area contributed by atoms with E-state index in [-0.39, 0.29) is 16.8 Å². The number of rotatable bonds is 7. The van der Waals surface area contributed by atoms with Crippen LogP contribution in [0.15, 0.2) is 42.5 Å². The van der Waals surface area contributed by atoms with Crippen molar-refractivity contribution in [3.8, 4) is 0 Å². The third-order valence-electron chi connectivity index (χ3n) is 3.94. The third-order valence-corrected chi connectivity index (χ3v) is 3.94. The van der Waals surface area contributed by atoms with Crippen LogP contribution in [-0.4, -0.2) is 35.0 Å². The highest BCUT2D eigenvalue weighted by atomic mass is 16.6. The number of carboxylic acid groups (broad SMARTS) is 1. The van der Waals surface area contributed by atoms with Crippen molar-refractivity contribution in [1.82, 2.24) is 0 Å². The molecular weight excluding hydrogens is 338 g/mol. The molecule has 0 unspecified atom stereocenters. The van der Waals surface area contributed by atoms with E-state index >= 15 is 0 Å². The number of aromatic carboxylic acids is 1. The lowest BCUT2D eigenvalue weighted by Gasteiger charge is -2.21. The predicted octanol–water partition coefficient (Wildman–Crippen LogP) is 3.39. The number of amides is 1. The van der Waals surface area contributed by atoms with E-state index in [4.69, 9.17) is 0 Å². The number of nitro groups is 1. The number of hydrogen-bond donors (Lipinski definition) is 2. The van der Waals surface area contributed by atoms with Crippen LogP contribution in [0.4, 0.5) is 17.1 Å². The highest BCUT2D eigenvalue weighted by Crippen LogP contribution is 2.21. The molecule has 8 nitrogen and oxygen atoms in total. The number of carboxylic acids is 1. The largest absolute Gasteiger partial charge is 0.478 e. The topological polar surface area (TPSA) is 113 Å². The Bertz CT molecular complexity index is 829. The Morgan fingerprint density at radius 3 is 2.19 bits per heavy atom. The van der Waals surface area contributed by atoms with Gasteiger partial charge in [-0.25, -0.2) is 4.79 Å². The average Bonchev–Trinajstić information content (AvgIpc) is 2.63. The van der Waals surface area contributed by atoms with Crippen molar-refractivity contribution in [2.75, 3.05) is 23.3 Å². The van der Waals surface area contributed by atoms with Gasteiger partial charge in [0.25, 0.3) is 11.6 Å². The fraction of sp³-hybridized carbons (Fsp3) is 0.222. The maximum atomic E-state index is 12.4. The Balaban J connectivity index is 2.28. The van der Waals surface area contributed by atoms with Crippen molar-refractivity contribution in [2.45, 2.75) is 13.8 Å². The van der Waals surface area contributed by atoms with E-state index < -0.39 is 16.8 Å². The van der Waals surface area contributed by atoms with Gasteiger partial charge in [0, 0.05) is 36.6 Å². The molecule has 0 aliphatic rings. The normalized spacial score (nSPS) is 10.2. The lowest BCUT2D eigenvalue weighted by atomic mass is 10.1. The molecule has 0 aliphatic heterocycles. The first-order valence-electron chi connectivity index (χ1n) is 8.05. The van der Waals surface area contributed by atoms with Crippen LogP contribution in [0.3, 0.4) is 0 Å². The predicted molar refractivity (Wildman–Crippen MR) is 98.0 cm³/mol. The van der Waals surface area contributed by atoms with Crippen molar-refractivity contribution < 1.29 is 19.6 Å². The average molecular weight is 357 g/mol. The van der Waals surface area contributed by atoms with Crippen molar-refractivity contribution in [3.05, 3.63) is 63.7 Å². The van der Waals surface area contributed by atoms with Gasteiger partial charge >= 0.3 is 5.97 Å². The fourth-order valence-corrected chi connectivity index (χ4v) is 2.56. The highest BCUT2D eigenvalue weighted by Gasteiger charge is 2.20. The molecule has 2 aromatic rings. The summed E-state index contributed by atoms with van der Waals surface area (Å²) in [6.07, 6.45) is 0. The number of hydrogen-bond acceptors (Lipinski definition) is 5. The van der Waals surface area contributed by atoms with Gasteiger partial charge in [-0.2, -0.15) is 0 Å². The summed E-state index contributed by atoms with van der Waals surface area (Å²) in [4.78, 5) is 36.1. The molecule has 0 atom stereocenters. The lowest BCUT2D eigenvalue weighted by Crippen LogP contribution is -2.21. The van der Waals surface area contributed by atoms with Gasteiger partial charge in [-0.05, 0) is 44.2 Å². The summed E-state index contributed by atoms with van der Waals surface area (Å²) in [5.41, 5.74) is 0.549. The second-order valence-corrected chi connectivity index (χ2v) is 5.47. The van der Waals surface area contributed by atoms with Gasteiger partial charge in [0.15, 0.2) is 0 Å². The third kappa shape index (κ3) is 4.15. The van der Waals surface area contributed by atoms with Crippen LogP contribution < -0.4 is 10.2 Å². The summed E-state index contributed by atoms with van der Waals surface area (Å²) in [5, 5.41) is 22.7. The summed E-state index contributed by atoms with van der Waals surface area (Å²) >= 11 is 0. The van der Waals surface area contributed by atoms with Crippen molar-refractivity contribution in [1.29, 1.82) is 0 Å². The number of anilines is 2. The van der Waals surface area contributed by atoms with Gasteiger partial charge in [0.1, 0.15) is 0 Å². The van der Waals surface area contributed by atoms with E-state index in [1.807, 2.05) is 26.0 Å². The smallest absolute Gasteiger partial charge is 0.336 e. The minimum absolute atomic E-state index is 0.264. The zero-order valence-corrected chi connectivity index (χ0v) is 14.4. The Morgan fingerprint density at radius 2 is 1.69 bits per heavy atom. The van der Waals surface area contributed by atoms with Crippen LogP contribution in [0.2, 0.25) is 0 Å². The molecule has 2 rings (SSSR count). The van der Waals surface area contributed by atoms with Gasteiger partial charge in [0.05, 0.1) is 16.1 Å². The van der Waals surface area contributed by atoms with E-state index in [1.165, 1.54) is 0 Å². The van der Waals surface area contributed by atoms with Crippen LogP contribution in [-0.2, 0) is 0 Å². The van der Waals surface area contributed by atoms with Crippen LogP contribution >= 0.6 is 0 Å². The van der Waals surface area contributed by atoms with Gasteiger partial charge < -0.3 is 15.3 Å². The molecule has 0 bridgehead atoms. The first kappa shape index (κ1) is 18.9. The molecule has 136 valence electrons. The van der Waals surface area contributed by atoms with E-state index in [0.717, 1.165) is 37.0 Å². The van der Waals surface area contributed by atoms with Crippen LogP contribution in [0.5, 0.6) is 0 Å². The first-order valence-corrected chi connectivity index (χ1v) is 8.05. The molecule has 26 heavy (non-hydrogen) atoms. The Morgan fingerprint density at radius 1 is 1.08 bits per heavy atom. The highest BCUT2D eigenvalue weighted by molar-refractivity contribution is 6.11. The summed E-state index contributed by atoms with van der Waals surface area (Å²) in [5.74, 6) is -2.05. The maximum Gasteiger partial charge on any atom is 0.336 e. The molecule has 0 saturated carbocycles. The molecule has 0 aliphatic carbocycles. The standard InChI is InChI=1S/C18H19N3O5/c1-3-20(4-2)13-7-5-12(6-8-13)19-17(22)16-11-14(21(25)26)9-10-15(16)18(23)24/h5-11H,3-4H2,1-2H3,(H,19,22)(H,23,24). The summed E-state index contributed by atoms with van der Waals surface area (Å²) in [6.45, 7) is 5.76. The lowest BCUT2D eigenvalue weighted by molar-refractivity contribution is -0.384. The number of non-ortho nitro benzene ring substituents is 1. The molecule has 1 amide bonds. The second kappa shape index (κ2) is 8.11. The van der Waals surface area contributed by atoms with Crippen molar-refractivity contribution in [2.24, 2.45) is 0 Å². The molecule has 0 fully saturated rings. The number of carbonyl (C=O) groups excluding carboxylic acids is 1. The van der Waals surface area contributed by atoms with Gasteiger partial charge in [-0.3, -0.25) is 14.9 Å². The molecule has 2 aromatic carbocycles. The summed E-state index contributed by atoms with van der Waals surface area (Å²) in [7, 11) is 0. The Labute approximate surface area is 150 Å². The number of benzene rings is 2. The molecule has 0 saturated heterocycles. The first-order chi connectivity index (χ1) is 12.4. The zero-order valence-electron chi connectivity index (χ0n) is 14.4. The maximum absolute atomic E-state index is 12.4. The monoisotopic (exact) mass is 357 g/mol. The fourth-order valence-electron chi connectivity index (χ4n) is 2.56. The van der Waals surface area contributed by atoms with Gasteiger partial charge in [0.2, 0.25) is 0 Å². The van der Waals surface area contributed by atoms with E-state index in [9.17, 15) is 24.8 Å². The quantitative estimate of drug-likeness (QED) is 0.580. The SMILES string of the molecule is CCN(CC)c1ccc(NC(=O)c2cc([N+](=O)[O-])ccc2C(=O)O)cc1. The number of nitrogens with one attached hydrogen (secondary N) is 1. The number of nitrogens with zero attached hydrogens (tertiary/aromatic N) is 2. The van der Waals surface area contributed by atoms with Crippen LogP contribution in [0, 0.1) is 10.1 Å². The van der Waals surface area contributed by atoms with Crippen molar-refractivity contribution >= 4 is 28.9 Å². The zero-order chi connectivity index (χ0) is 19.3. The van der Waals surface area contributed by atoms with Crippen LogP contribution in [0.25, 0.3) is 0 Å². The summed E-state index contributed by atoms with van der Waals surface area (Å²) in [6, 6.07) is 10.1. The minimum Gasteiger partial charge on any atom is -0.478 e. The second-order valence-electron chi connectivity index (χ2n) is 5.47. The van der Waals surface area contributed by atoms with Crippen molar-refractivity contribution in [3.63, 3.8) is 0 Å². The Hall–Kier alpha value is -3.42. The van der Waals surface area contributed by atoms with Crippen LogP contribution in [0.1, 0.15) is 34.6 Å². The molecule has 2 N–H and O–H groups in total. The molecule has 0 spiro atoms. The molecule has 0 heterocycles. The number of nitro benzene ring substituents is 1. The molecule has 8 heteroatoms. The van der Waals surface area contributed by atoms with Gasteiger partial charge in [-0.1, -0.05) is 0 Å². The van der Waals surface area contributed by atoms with E-state index in [0.29, 0.717) is 5.69 Å². The summed E-state index contributed by atoms with van der Waals surface area (Å²) < 4.78 is 0. The molecule has 0 aromatic heterocycles. The molecule has 0 radical (unpaired) electrons. The number of carbonyl (C=O) groups is 2. The minimum atomic E-state index is -1.33. The van der Waals surface area contributed by atoms with Gasteiger partial charge in [-0.15, -0.1) is 0 Å². The van der Waals surface area contributed by atoms with E-state index in [1.54, 1.807) is 12.1 Å².